The van der Waals surface area contributed by atoms with E-state index in [4.69, 9.17) is 9.84 Å². The number of hydrogen-bond acceptors (Lipinski definition) is 3. The van der Waals surface area contributed by atoms with E-state index in [1.165, 1.54) is 0 Å². The van der Waals surface area contributed by atoms with Crippen molar-refractivity contribution in [3.05, 3.63) is 84.1 Å². The van der Waals surface area contributed by atoms with Gasteiger partial charge in [-0.05, 0) is 31.5 Å². The summed E-state index contributed by atoms with van der Waals surface area (Å²) in [5.41, 5.74) is 4.16. The maximum absolute atomic E-state index is 13.3. The van der Waals surface area contributed by atoms with Gasteiger partial charge in [-0.3, -0.25) is 9.48 Å². The van der Waals surface area contributed by atoms with Gasteiger partial charge in [-0.15, -0.1) is 0 Å². The zero-order valence-electron chi connectivity index (χ0n) is 17.3. The Morgan fingerprint density at radius 2 is 1.93 bits per heavy atom. The molecule has 0 aliphatic carbocycles. The van der Waals surface area contributed by atoms with Gasteiger partial charge < -0.3 is 9.64 Å². The molecule has 1 aromatic heterocycles. The average Bonchev–Trinajstić information content (AvgIpc) is 3.16. The highest BCUT2D eigenvalue weighted by atomic mass is 16.5. The van der Waals surface area contributed by atoms with Gasteiger partial charge in [0.05, 0.1) is 19.2 Å². The van der Waals surface area contributed by atoms with Crippen molar-refractivity contribution in [2.75, 3.05) is 20.2 Å². The summed E-state index contributed by atoms with van der Waals surface area (Å²) in [5.74, 6) is 0.681. The van der Waals surface area contributed by atoms with E-state index < -0.39 is 0 Å². The zero-order valence-corrected chi connectivity index (χ0v) is 17.3. The van der Waals surface area contributed by atoms with Gasteiger partial charge in [0.25, 0.3) is 5.91 Å². The molecule has 0 fully saturated rings. The van der Waals surface area contributed by atoms with Gasteiger partial charge in [-0.25, -0.2) is 0 Å². The lowest BCUT2D eigenvalue weighted by Gasteiger charge is -2.20. The van der Waals surface area contributed by atoms with Crippen molar-refractivity contribution in [3.8, 4) is 17.0 Å². The van der Waals surface area contributed by atoms with E-state index in [1.807, 2.05) is 79.3 Å². The van der Waals surface area contributed by atoms with Gasteiger partial charge in [-0.1, -0.05) is 54.6 Å². The highest BCUT2D eigenvalue weighted by Crippen LogP contribution is 2.27. The number of benzene rings is 2. The molecule has 29 heavy (non-hydrogen) atoms. The summed E-state index contributed by atoms with van der Waals surface area (Å²) in [6.45, 7) is 9.58. The fourth-order valence-corrected chi connectivity index (χ4v) is 3.24. The number of likely N-dealkylation sites (N-methyl/N-ethyl adjacent to an activating group) is 1. The smallest absolute Gasteiger partial charge is 0.257 e. The predicted molar refractivity (Wildman–Crippen MR) is 116 cm³/mol. The number of rotatable bonds is 8. The number of nitrogens with zero attached hydrogens (tertiary/aromatic N) is 3. The fourth-order valence-electron chi connectivity index (χ4n) is 3.24. The van der Waals surface area contributed by atoms with E-state index in [-0.39, 0.29) is 5.91 Å². The SMILES string of the molecule is C=C(C)CN(CC)C(=O)c1cn(Cc2ccccc2)nc1-c1cccc(OC)c1. The molecule has 0 bridgehead atoms. The maximum atomic E-state index is 13.3. The average molecular weight is 389 g/mol. The summed E-state index contributed by atoms with van der Waals surface area (Å²) < 4.78 is 7.18. The molecule has 5 nitrogen and oxygen atoms in total. The van der Waals surface area contributed by atoms with E-state index in [0.717, 1.165) is 22.4 Å². The minimum atomic E-state index is -0.0485. The molecule has 5 heteroatoms. The van der Waals surface area contributed by atoms with Crippen LogP contribution in [0.5, 0.6) is 5.75 Å². The molecule has 0 atom stereocenters. The van der Waals surface area contributed by atoms with E-state index in [2.05, 4.69) is 6.58 Å². The summed E-state index contributed by atoms with van der Waals surface area (Å²) in [7, 11) is 1.63. The first-order valence-corrected chi connectivity index (χ1v) is 9.71. The minimum Gasteiger partial charge on any atom is -0.497 e. The summed E-state index contributed by atoms with van der Waals surface area (Å²) in [6.07, 6.45) is 1.84. The Balaban J connectivity index is 2.04. The van der Waals surface area contributed by atoms with Crippen molar-refractivity contribution in [2.24, 2.45) is 0 Å². The molecule has 0 N–H and O–H groups in total. The number of carbonyl (C=O) groups excluding carboxylic acids is 1. The Morgan fingerprint density at radius 3 is 2.59 bits per heavy atom. The van der Waals surface area contributed by atoms with Gasteiger partial charge in [0.2, 0.25) is 0 Å². The highest BCUT2D eigenvalue weighted by molar-refractivity contribution is 6.00. The quantitative estimate of drug-likeness (QED) is 0.527. The minimum absolute atomic E-state index is 0.0485. The first-order valence-electron chi connectivity index (χ1n) is 9.71. The molecule has 0 saturated heterocycles. The monoisotopic (exact) mass is 389 g/mol. The molecule has 0 radical (unpaired) electrons. The second-order valence-corrected chi connectivity index (χ2v) is 7.08. The van der Waals surface area contributed by atoms with Gasteiger partial charge in [0.1, 0.15) is 11.4 Å². The number of aromatic nitrogens is 2. The number of hydrogen-bond donors (Lipinski definition) is 0. The molecule has 2 aromatic carbocycles. The molecule has 0 unspecified atom stereocenters. The number of methoxy groups -OCH3 is 1. The second kappa shape index (κ2) is 9.24. The lowest BCUT2D eigenvalue weighted by molar-refractivity contribution is 0.0779. The van der Waals surface area contributed by atoms with E-state index in [9.17, 15) is 4.79 Å². The Labute approximate surface area is 172 Å². The molecule has 0 aliphatic heterocycles. The van der Waals surface area contributed by atoms with Crippen LogP contribution in [0.3, 0.4) is 0 Å². The van der Waals surface area contributed by atoms with E-state index in [0.29, 0.717) is 30.9 Å². The topological polar surface area (TPSA) is 47.4 Å². The highest BCUT2D eigenvalue weighted by Gasteiger charge is 2.22. The first kappa shape index (κ1) is 20.4. The molecular formula is C24H27N3O2. The summed E-state index contributed by atoms with van der Waals surface area (Å²) in [5, 5.41) is 4.76. The van der Waals surface area contributed by atoms with Crippen LogP contribution in [0.25, 0.3) is 11.3 Å². The Bertz CT molecular complexity index is 992. The van der Waals surface area contributed by atoms with Crippen molar-refractivity contribution in [2.45, 2.75) is 20.4 Å². The van der Waals surface area contributed by atoms with Crippen LogP contribution in [0.2, 0.25) is 0 Å². The molecule has 1 amide bonds. The number of ether oxygens (including phenoxy) is 1. The van der Waals surface area contributed by atoms with E-state index in [1.54, 1.807) is 12.0 Å². The lowest BCUT2D eigenvalue weighted by Crippen LogP contribution is -2.32. The Hall–Kier alpha value is -3.34. The largest absolute Gasteiger partial charge is 0.497 e. The summed E-state index contributed by atoms with van der Waals surface area (Å²) in [6, 6.07) is 17.7. The summed E-state index contributed by atoms with van der Waals surface area (Å²) in [4.78, 5) is 15.1. The van der Waals surface area contributed by atoms with Crippen molar-refractivity contribution in [1.82, 2.24) is 14.7 Å². The number of amides is 1. The van der Waals surface area contributed by atoms with Gasteiger partial charge in [0.15, 0.2) is 0 Å². The van der Waals surface area contributed by atoms with Gasteiger partial charge in [0, 0.05) is 24.8 Å². The Kier molecular flexibility index (Phi) is 6.50. The normalized spacial score (nSPS) is 10.6. The number of carbonyl (C=O) groups is 1. The van der Waals surface area contributed by atoms with Crippen LogP contribution in [0.15, 0.2) is 72.9 Å². The third kappa shape index (κ3) is 4.93. The van der Waals surface area contributed by atoms with Crippen LogP contribution in [0.4, 0.5) is 0 Å². The van der Waals surface area contributed by atoms with Crippen LogP contribution < -0.4 is 4.74 Å². The third-order valence-corrected chi connectivity index (χ3v) is 4.65. The fraction of sp³-hybridized carbons (Fsp3) is 0.250. The van der Waals surface area contributed by atoms with Crippen molar-refractivity contribution in [3.63, 3.8) is 0 Å². The van der Waals surface area contributed by atoms with Crippen LogP contribution in [0.1, 0.15) is 29.8 Å². The zero-order chi connectivity index (χ0) is 20.8. The van der Waals surface area contributed by atoms with Crippen LogP contribution in [-0.4, -0.2) is 40.8 Å². The van der Waals surface area contributed by atoms with E-state index >= 15 is 0 Å². The third-order valence-electron chi connectivity index (χ3n) is 4.65. The standard InChI is InChI=1S/C24H27N3O2/c1-5-26(15-18(2)3)24(28)22-17-27(16-19-10-7-6-8-11-19)25-23(22)20-12-9-13-21(14-20)29-4/h6-14,17H,2,5,15-16H2,1,3-4H3. The first-order chi connectivity index (χ1) is 14.0. The lowest BCUT2D eigenvalue weighted by atomic mass is 10.1. The van der Waals surface area contributed by atoms with Crippen LogP contribution in [-0.2, 0) is 6.54 Å². The molecule has 3 aromatic rings. The molecule has 0 spiro atoms. The Morgan fingerprint density at radius 1 is 1.17 bits per heavy atom. The molecule has 150 valence electrons. The second-order valence-electron chi connectivity index (χ2n) is 7.08. The van der Waals surface area contributed by atoms with Gasteiger partial charge >= 0.3 is 0 Å². The molecular weight excluding hydrogens is 362 g/mol. The van der Waals surface area contributed by atoms with Crippen LogP contribution in [0, 0.1) is 0 Å². The van der Waals surface area contributed by atoms with Gasteiger partial charge in [-0.2, -0.15) is 5.10 Å². The predicted octanol–water partition coefficient (Wildman–Crippen LogP) is 4.65. The van der Waals surface area contributed by atoms with Crippen molar-refractivity contribution in [1.29, 1.82) is 0 Å². The van der Waals surface area contributed by atoms with Crippen LogP contribution >= 0.6 is 0 Å². The maximum Gasteiger partial charge on any atom is 0.257 e. The van der Waals surface area contributed by atoms with Crippen molar-refractivity contribution < 1.29 is 9.53 Å². The molecule has 0 aliphatic rings. The summed E-state index contributed by atoms with van der Waals surface area (Å²) >= 11 is 0. The van der Waals surface area contributed by atoms with Crippen molar-refractivity contribution >= 4 is 5.91 Å². The molecule has 3 rings (SSSR count). The molecule has 1 heterocycles. The molecule has 0 saturated carbocycles.